The number of rotatable bonds is 12. The zero-order chi connectivity index (χ0) is 31.6. The molecule has 2 fully saturated rings. The lowest BCUT2D eigenvalue weighted by molar-refractivity contribution is -0.138. The topological polar surface area (TPSA) is 198 Å². The fourth-order valence-electron chi connectivity index (χ4n) is 5.02. The van der Waals surface area contributed by atoms with Gasteiger partial charge in [0.2, 0.25) is 11.8 Å². The molecule has 1 aromatic carbocycles. The molecule has 1 atom stereocenters. The molecule has 16 nitrogen and oxygen atoms in total. The number of carbonyl (C=O) groups is 5. The van der Waals surface area contributed by atoms with E-state index in [1.165, 1.54) is 20.5 Å². The molecule has 4 rings (SSSR count). The fourth-order valence-corrected chi connectivity index (χ4v) is 5.02. The number of amides is 4. The molecule has 238 valence electrons. The number of ether oxygens (including phenoxy) is 1. The van der Waals surface area contributed by atoms with Crippen molar-refractivity contribution in [2.45, 2.75) is 18.9 Å². The van der Waals surface area contributed by atoms with E-state index in [-0.39, 0.29) is 69.7 Å². The van der Waals surface area contributed by atoms with Gasteiger partial charge in [0.15, 0.2) is 12.3 Å². The van der Waals surface area contributed by atoms with Gasteiger partial charge in [0.05, 0.1) is 12.3 Å². The van der Waals surface area contributed by atoms with Gasteiger partial charge in [-0.15, -0.1) is 0 Å². The Kier molecular flexibility index (Phi) is 11.1. The first-order valence-electron chi connectivity index (χ1n) is 14.3. The zero-order valence-electron chi connectivity index (χ0n) is 24.2. The molecule has 16 heteroatoms. The highest BCUT2D eigenvalue weighted by Gasteiger charge is 2.31. The van der Waals surface area contributed by atoms with E-state index in [0.29, 0.717) is 38.4 Å². The van der Waals surface area contributed by atoms with E-state index in [2.05, 4.69) is 15.3 Å². The summed E-state index contributed by atoms with van der Waals surface area (Å²) in [6.45, 7) is 2.95. The average Bonchev–Trinajstić information content (AvgIpc) is 3.47. The van der Waals surface area contributed by atoms with Crippen LogP contribution < -0.4 is 10.1 Å². The fraction of sp³-hybridized carbons (Fsp3) is 0.500. The van der Waals surface area contributed by atoms with Crippen LogP contribution in [-0.4, -0.2) is 153 Å². The van der Waals surface area contributed by atoms with Crippen LogP contribution >= 0.6 is 0 Å². The number of carboxylic acids is 1. The third kappa shape index (κ3) is 8.44. The highest BCUT2D eigenvalue weighted by Crippen LogP contribution is 2.20. The Morgan fingerprint density at radius 2 is 1.52 bits per heavy atom. The number of para-hydroxylation sites is 1. The summed E-state index contributed by atoms with van der Waals surface area (Å²) in [6.07, 6.45) is -1.65. The van der Waals surface area contributed by atoms with Gasteiger partial charge < -0.3 is 40.1 Å². The normalized spacial score (nSPS) is 16.3. The Morgan fingerprint density at radius 3 is 2.14 bits per heavy atom. The van der Waals surface area contributed by atoms with Crippen LogP contribution in [-0.2, 0) is 14.4 Å². The number of benzene rings is 1. The van der Waals surface area contributed by atoms with Crippen molar-refractivity contribution in [2.24, 2.45) is 0 Å². The molecule has 44 heavy (non-hydrogen) atoms. The number of β-amino-alcohol motifs (C(OH)–C–C–N with tert-alkyl or cyclic N) is 1. The number of nitrogens with zero attached hydrogens (tertiary/aromatic N) is 6. The predicted molar refractivity (Wildman–Crippen MR) is 153 cm³/mol. The first kappa shape index (κ1) is 32.2. The van der Waals surface area contributed by atoms with Crippen molar-refractivity contribution in [3.8, 4) is 11.6 Å². The number of aliphatic hydroxyl groups is 1. The zero-order valence-corrected chi connectivity index (χ0v) is 24.2. The Bertz CT molecular complexity index is 1320. The second-order valence-electron chi connectivity index (χ2n) is 10.4. The van der Waals surface area contributed by atoms with Gasteiger partial charge in [0.1, 0.15) is 6.04 Å². The molecule has 0 saturated carbocycles. The number of aliphatic hydroxyl groups excluding tert-OH is 1. The highest BCUT2D eigenvalue weighted by molar-refractivity contribution is 5.96. The van der Waals surface area contributed by atoms with Crippen LogP contribution in [0.25, 0.3) is 5.69 Å². The third-order valence-electron chi connectivity index (χ3n) is 7.51. The van der Waals surface area contributed by atoms with E-state index in [1.54, 1.807) is 35.2 Å². The standard InChI is InChI=1S/C28H37N7O9/c36-17-16-31-8-10-32(11-9-31)23(37)19-44-24-18-22(30-35(24)20-4-2-1-3-5-20)26(40)29-21(6-7-25(38)39)27(41)33-12-14-34(15-13-33)28(42)43/h1-5,18,21,36H,6-17,19H2,(H,29,40)(H,38,39)(H,42,43)/t21-/m0/s1. The number of aromatic nitrogens is 2. The second-order valence-corrected chi connectivity index (χ2v) is 10.4. The molecular formula is C28H37N7O9. The summed E-state index contributed by atoms with van der Waals surface area (Å²) >= 11 is 0. The molecular weight excluding hydrogens is 578 g/mol. The number of piperazine rings is 2. The van der Waals surface area contributed by atoms with Crippen molar-refractivity contribution in [1.82, 2.24) is 34.7 Å². The Morgan fingerprint density at radius 1 is 0.886 bits per heavy atom. The lowest BCUT2D eigenvalue weighted by Gasteiger charge is -2.35. The lowest BCUT2D eigenvalue weighted by Crippen LogP contribution is -2.55. The number of carboxylic acid groups (broad SMARTS) is 2. The van der Waals surface area contributed by atoms with E-state index >= 15 is 0 Å². The minimum absolute atomic E-state index is 0.0503. The van der Waals surface area contributed by atoms with Gasteiger partial charge in [0.25, 0.3) is 11.8 Å². The second kappa shape index (κ2) is 15.2. The summed E-state index contributed by atoms with van der Waals surface area (Å²) in [7, 11) is 0. The van der Waals surface area contributed by atoms with Crippen LogP contribution in [0.1, 0.15) is 23.3 Å². The summed E-state index contributed by atoms with van der Waals surface area (Å²) in [5, 5.41) is 34.5. The van der Waals surface area contributed by atoms with Crippen molar-refractivity contribution in [3.63, 3.8) is 0 Å². The van der Waals surface area contributed by atoms with Crippen LogP contribution in [0, 0.1) is 0 Å². The lowest BCUT2D eigenvalue weighted by atomic mass is 10.1. The molecule has 2 aliphatic rings. The van der Waals surface area contributed by atoms with Crippen molar-refractivity contribution in [1.29, 1.82) is 0 Å². The van der Waals surface area contributed by atoms with Gasteiger partial charge in [-0.1, -0.05) is 18.2 Å². The van der Waals surface area contributed by atoms with Crippen LogP contribution in [0.15, 0.2) is 36.4 Å². The summed E-state index contributed by atoms with van der Waals surface area (Å²) in [5.41, 5.74) is 0.444. The van der Waals surface area contributed by atoms with Gasteiger partial charge in [-0.05, 0) is 18.6 Å². The monoisotopic (exact) mass is 615 g/mol. The number of nitrogens with one attached hydrogen (secondary N) is 1. The molecule has 4 N–H and O–H groups in total. The van der Waals surface area contributed by atoms with E-state index in [0.717, 1.165) is 0 Å². The molecule has 0 unspecified atom stereocenters. The SMILES string of the molecule is O=C(O)CC[C@H](NC(=O)c1cc(OCC(=O)N2CCN(CCO)CC2)n(-c2ccccc2)n1)C(=O)N1CCN(C(=O)O)CC1. The van der Waals surface area contributed by atoms with Crippen LogP contribution in [0.2, 0.25) is 0 Å². The van der Waals surface area contributed by atoms with E-state index < -0.39 is 29.9 Å². The number of hydrogen-bond acceptors (Lipinski definition) is 9. The van der Waals surface area contributed by atoms with Crippen molar-refractivity contribution >= 4 is 29.8 Å². The maximum Gasteiger partial charge on any atom is 0.407 e. The largest absolute Gasteiger partial charge is 0.481 e. The summed E-state index contributed by atoms with van der Waals surface area (Å²) in [5.74, 6) is -2.54. The minimum Gasteiger partial charge on any atom is -0.481 e. The maximum absolute atomic E-state index is 13.4. The number of aliphatic carboxylic acids is 1. The van der Waals surface area contributed by atoms with Crippen molar-refractivity contribution in [2.75, 3.05) is 72.1 Å². The van der Waals surface area contributed by atoms with Gasteiger partial charge in [-0.25, -0.2) is 9.48 Å². The summed E-state index contributed by atoms with van der Waals surface area (Å²) in [6, 6.07) is 8.96. The van der Waals surface area contributed by atoms with Crippen LogP contribution in [0.3, 0.4) is 0 Å². The number of hydrogen-bond donors (Lipinski definition) is 4. The highest BCUT2D eigenvalue weighted by atomic mass is 16.5. The molecule has 3 heterocycles. The first-order valence-corrected chi connectivity index (χ1v) is 14.3. The quantitative estimate of drug-likeness (QED) is 0.233. The summed E-state index contributed by atoms with van der Waals surface area (Å²) in [4.78, 5) is 68.3. The van der Waals surface area contributed by atoms with Gasteiger partial charge in [0, 0.05) is 71.4 Å². The maximum atomic E-state index is 13.4. The van der Waals surface area contributed by atoms with Crippen LogP contribution in [0.5, 0.6) is 5.88 Å². The molecule has 0 spiro atoms. The van der Waals surface area contributed by atoms with Gasteiger partial charge in [-0.3, -0.25) is 24.1 Å². The number of carbonyl (C=O) groups excluding carboxylic acids is 3. The molecule has 2 saturated heterocycles. The molecule has 0 radical (unpaired) electrons. The molecule has 0 aliphatic carbocycles. The molecule has 0 bridgehead atoms. The van der Waals surface area contributed by atoms with Crippen molar-refractivity contribution < 1.29 is 44.0 Å². The third-order valence-corrected chi connectivity index (χ3v) is 7.51. The van der Waals surface area contributed by atoms with Crippen LogP contribution in [0.4, 0.5) is 4.79 Å². The first-order chi connectivity index (χ1) is 21.2. The Hall–Kier alpha value is -4.70. The Balaban J connectivity index is 1.47. The van der Waals surface area contributed by atoms with E-state index in [1.807, 2.05) is 0 Å². The Labute approximate surface area is 253 Å². The molecule has 2 aliphatic heterocycles. The molecule has 2 aromatic rings. The predicted octanol–water partition coefficient (Wildman–Crippen LogP) is -0.827. The van der Waals surface area contributed by atoms with E-state index in [9.17, 15) is 34.2 Å². The van der Waals surface area contributed by atoms with E-state index in [4.69, 9.17) is 9.84 Å². The minimum atomic E-state index is -1.19. The van der Waals surface area contributed by atoms with Gasteiger partial charge >= 0.3 is 12.1 Å². The summed E-state index contributed by atoms with van der Waals surface area (Å²) < 4.78 is 7.20. The molecule has 1 aromatic heterocycles. The van der Waals surface area contributed by atoms with Gasteiger partial charge in [-0.2, -0.15) is 5.10 Å². The smallest absolute Gasteiger partial charge is 0.407 e. The average molecular weight is 616 g/mol. The molecule has 4 amide bonds. The van der Waals surface area contributed by atoms with Crippen molar-refractivity contribution in [3.05, 3.63) is 42.1 Å².